The number of hydrogen-bond donors (Lipinski definition) is 2. The number of nitrogens with one attached hydrogen (secondary N) is 1. The zero-order valence-electron chi connectivity index (χ0n) is 11.1. The predicted molar refractivity (Wildman–Crippen MR) is 75.7 cm³/mol. The van der Waals surface area contributed by atoms with Gasteiger partial charge < -0.3 is 16.0 Å². The fourth-order valence-corrected chi connectivity index (χ4v) is 2.72. The predicted octanol–water partition coefficient (Wildman–Crippen LogP) is 2.67. The number of nitrogens with two attached hydrogens (primary N) is 1. The lowest BCUT2D eigenvalue weighted by molar-refractivity contribution is 0.151. The number of likely N-dealkylation sites (tertiary alicyclic amines) is 1. The molecule has 0 aromatic heterocycles. The molecule has 3 N–H and O–H groups in total. The molecule has 0 spiro atoms. The molecule has 102 valence electrons. The Morgan fingerprint density at radius 2 is 1.89 bits per heavy atom. The van der Waals surface area contributed by atoms with E-state index in [1.54, 1.807) is 0 Å². The summed E-state index contributed by atoms with van der Waals surface area (Å²) < 4.78 is 0. The quantitative estimate of drug-likeness (QED) is 0.802. The fraction of sp³-hybridized carbons (Fsp3) is 0.533. The van der Waals surface area contributed by atoms with Crippen molar-refractivity contribution in [2.75, 3.05) is 12.3 Å². The maximum absolute atomic E-state index is 12.3. The van der Waals surface area contributed by atoms with Gasteiger partial charge in [0.05, 0.1) is 6.04 Å². The van der Waals surface area contributed by atoms with Crippen LogP contribution in [0.3, 0.4) is 0 Å². The Labute approximate surface area is 114 Å². The van der Waals surface area contributed by atoms with Gasteiger partial charge in [0.1, 0.15) is 0 Å². The first-order valence-corrected chi connectivity index (χ1v) is 7.16. The fourth-order valence-electron chi connectivity index (χ4n) is 2.72. The summed E-state index contributed by atoms with van der Waals surface area (Å²) in [5.74, 6) is 0. The van der Waals surface area contributed by atoms with Gasteiger partial charge in [0, 0.05) is 18.3 Å². The smallest absolute Gasteiger partial charge is 0.318 e. The summed E-state index contributed by atoms with van der Waals surface area (Å²) >= 11 is 0. The van der Waals surface area contributed by atoms with Crippen LogP contribution in [0, 0.1) is 0 Å². The van der Waals surface area contributed by atoms with E-state index in [-0.39, 0.29) is 12.1 Å². The number of nitrogens with zero attached hydrogens (tertiary/aromatic N) is 1. The summed E-state index contributed by atoms with van der Waals surface area (Å²) in [6.07, 6.45) is 5.59. The Kier molecular flexibility index (Phi) is 3.32. The summed E-state index contributed by atoms with van der Waals surface area (Å²) in [6.45, 7) is 0.855. The van der Waals surface area contributed by atoms with Crippen LogP contribution in [0.15, 0.2) is 24.3 Å². The number of amides is 2. The Hall–Kier alpha value is -1.71. The lowest BCUT2D eigenvalue weighted by Gasteiger charge is -2.36. The van der Waals surface area contributed by atoms with Gasteiger partial charge in [0.15, 0.2) is 0 Å². The van der Waals surface area contributed by atoms with Crippen molar-refractivity contribution in [3.63, 3.8) is 0 Å². The zero-order valence-corrected chi connectivity index (χ0v) is 11.1. The molecule has 2 amide bonds. The SMILES string of the molecule is Nc1ccc(C2CCCCN2C(=O)NC2CC2)cc1. The second kappa shape index (κ2) is 5.11. The highest BCUT2D eigenvalue weighted by Gasteiger charge is 2.31. The van der Waals surface area contributed by atoms with E-state index >= 15 is 0 Å². The van der Waals surface area contributed by atoms with Crippen molar-refractivity contribution in [1.82, 2.24) is 10.2 Å². The van der Waals surface area contributed by atoms with E-state index in [1.807, 2.05) is 29.2 Å². The molecule has 1 aliphatic carbocycles. The van der Waals surface area contributed by atoms with Crippen molar-refractivity contribution in [3.8, 4) is 0 Å². The second-order valence-corrected chi connectivity index (χ2v) is 5.60. The number of piperidine rings is 1. The maximum Gasteiger partial charge on any atom is 0.318 e. The van der Waals surface area contributed by atoms with Crippen LogP contribution in [0.4, 0.5) is 10.5 Å². The molecule has 0 bridgehead atoms. The normalized spacial score (nSPS) is 23.2. The largest absolute Gasteiger partial charge is 0.399 e. The Morgan fingerprint density at radius 1 is 1.16 bits per heavy atom. The minimum Gasteiger partial charge on any atom is -0.399 e. The van der Waals surface area contributed by atoms with Crippen molar-refractivity contribution in [3.05, 3.63) is 29.8 Å². The van der Waals surface area contributed by atoms with Crippen LogP contribution in [0.1, 0.15) is 43.7 Å². The Bertz CT molecular complexity index is 453. The lowest BCUT2D eigenvalue weighted by Crippen LogP contribution is -2.45. The van der Waals surface area contributed by atoms with Crippen LogP contribution in [-0.2, 0) is 0 Å². The van der Waals surface area contributed by atoms with Crippen molar-refractivity contribution in [2.45, 2.75) is 44.2 Å². The Morgan fingerprint density at radius 3 is 2.58 bits per heavy atom. The first kappa shape index (κ1) is 12.3. The molecule has 4 heteroatoms. The van der Waals surface area contributed by atoms with Gasteiger partial charge in [-0.3, -0.25) is 0 Å². The van der Waals surface area contributed by atoms with Crippen molar-refractivity contribution in [1.29, 1.82) is 0 Å². The first-order valence-electron chi connectivity index (χ1n) is 7.16. The molecule has 4 nitrogen and oxygen atoms in total. The van der Waals surface area contributed by atoms with Crippen molar-refractivity contribution < 1.29 is 4.79 Å². The van der Waals surface area contributed by atoms with Crippen LogP contribution >= 0.6 is 0 Å². The van der Waals surface area contributed by atoms with E-state index in [2.05, 4.69) is 5.32 Å². The molecule has 1 aromatic rings. The van der Waals surface area contributed by atoms with E-state index in [0.717, 1.165) is 37.9 Å². The highest BCUT2D eigenvalue weighted by Crippen LogP contribution is 2.32. The molecule has 3 rings (SSSR count). The van der Waals surface area contributed by atoms with E-state index in [0.29, 0.717) is 6.04 Å². The molecular weight excluding hydrogens is 238 g/mol. The van der Waals surface area contributed by atoms with Crippen molar-refractivity contribution >= 4 is 11.7 Å². The molecule has 2 aliphatic rings. The van der Waals surface area contributed by atoms with Gasteiger partial charge in [-0.1, -0.05) is 12.1 Å². The minimum atomic E-state index is 0.101. The molecular formula is C15H21N3O. The molecule has 1 heterocycles. The molecule has 1 unspecified atom stereocenters. The van der Waals surface area contributed by atoms with Crippen LogP contribution in [0.5, 0.6) is 0 Å². The number of benzene rings is 1. The van der Waals surface area contributed by atoms with E-state index in [9.17, 15) is 4.79 Å². The minimum absolute atomic E-state index is 0.101. The summed E-state index contributed by atoms with van der Waals surface area (Å²) in [4.78, 5) is 14.3. The number of carbonyl (C=O) groups is 1. The average Bonchev–Trinajstić information content (AvgIpc) is 3.23. The summed E-state index contributed by atoms with van der Waals surface area (Å²) in [6, 6.07) is 8.64. The molecule has 19 heavy (non-hydrogen) atoms. The average molecular weight is 259 g/mol. The third kappa shape index (κ3) is 2.83. The number of urea groups is 1. The number of anilines is 1. The highest BCUT2D eigenvalue weighted by atomic mass is 16.2. The van der Waals surface area contributed by atoms with Crippen LogP contribution in [-0.4, -0.2) is 23.5 Å². The van der Waals surface area contributed by atoms with Crippen LogP contribution in [0.25, 0.3) is 0 Å². The maximum atomic E-state index is 12.3. The number of rotatable bonds is 2. The monoisotopic (exact) mass is 259 g/mol. The number of carbonyl (C=O) groups excluding carboxylic acids is 1. The lowest BCUT2D eigenvalue weighted by atomic mass is 9.95. The highest BCUT2D eigenvalue weighted by molar-refractivity contribution is 5.75. The number of nitrogen functional groups attached to an aromatic ring is 1. The second-order valence-electron chi connectivity index (χ2n) is 5.60. The van der Waals surface area contributed by atoms with Gasteiger partial charge in [-0.2, -0.15) is 0 Å². The van der Waals surface area contributed by atoms with Gasteiger partial charge in [-0.05, 0) is 49.8 Å². The third-order valence-corrected chi connectivity index (χ3v) is 3.99. The van der Waals surface area contributed by atoms with Crippen molar-refractivity contribution in [2.24, 2.45) is 0 Å². The summed E-state index contributed by atoms with van der Waals surface area (Å²) in [5.41, 5.74) is 7.70. The van der Waals surface area contributed by atoms with E-state index in [4.69, 9.17) is 5.73 Å². The van der Waals surface area contributed by atoms with E-state index < -0.39 is 0 Å². The van der Waals surface area contributed by atoms with Gasteiger partial charge in [0.25, 0.3) is 0 Å². The summed E-state index contributed by atoms with van der Waals surface area (Å²) in [5, 5.41) is 3.10. The standard InChI is InChI=1S/C15H21N3O/c16-12-6-4-11(5-7-12)14-3-1-2-10-18(14)15(19)17-13-8-9-13/h4-7,13-14H,1-3,8-10,16H2,(H,17,19). The Balaban J connectivity index is 1.75. The third-order valence-electron chi connectivity index (χ3n) is 3.99. The topological polar surface area (TPSA) is 58.4 Å². The molecule has 1 aliphatic heterocycles. The molecule has 1 atom stereocenters. The zero-order chi connectivity index (χ0) is 13.2. The van der Waals surface area contributed by atoms with Gasteiger partial charge >= 0.3 is 6.03 Å². The van der Waals surface area contributed by atoms with E-state index in [1.165, 1.54) is 12.0 Å². The summed E-state index contributed by atoms with van der Waals surface area (Å²) in [7, 11) is 0. The molecule has 2 fully saturated rings. The van der Waals surface area contributed by atoms with Gasteiger partial charge in [0.2, 0.25) is 0 Å². The number of hydrogen-bond acceptors (Lipinski definition) is 2. The first-order chi connectivity index (χ1) is 9.24. The van der Waals surface area contributed by atoms with Crippen LogP contribution < -0.4 is 11.1 Å². The molecule has 0 radical (unpaired) electrons. The van der Waals surface area contributed by atoms with Crippen LogP contribution in [0.2, 0.25) is 0 Å². The molecule has 1 saturated heterocycles. The van der Waals surface area contributed by atoms with Gasteiger partial charge in [-0.25, -0.2) is 4.79 Å². The molecule has 1 aromatic carbocycles. The molecule has 1 saturated carbocycles. The van der Waals surface area contributed by atoms with Gasteiger partial charge in [-0.15, -0.1) is 0 Å².